The maximum absolute atomic E-state index is 11.8. The molecule has 0 spiro atoms. The number of anilines is 1. The Hall–Kier alpha value is -1.86. The highest BCUT2D eigenvalue weighted by Gasteiger charge is 2.40. The van der Waals surface area contributed by atoms with Crippen molar-refractivity contribution in [3.8, 4) is 0 Å². The lowest BCUT2D eigenvalue weighted by molar-refractivity contribution is 0.429. The van der Waals surface area contributed by atoms with Crippen LogP contribution in [-0.2, 0) is 10.0 Å². The molecule has 0 amide bonds. The summed E-state index contributed by atoms with van der Waals surface area (Å²) >= 11 is 8.47. The van der Waals surface area contributed by atoms with E-state index in [1.807, 2.05) is 18.2 Å². The standard InChI is InChI=1S/C20H17ClN2O2S2/c21-18-14-4-1-2-7-17(14)26-20(18)19-13-6-3-5-12(13)15-10-11(27(22,24)25)8-9-16(15)23-19/h1-5,7-10,12-13,19,23H,6H2,(H2,22,24,25)/t12-,13+,19-/m0/s1. The maximum atomic E-state index is 11.8. The molecule has 3 atom stereocenters. The monoisotopic (exact) mass is 416 g/mol. The Kier molecular flexibility index (Phi) is 3.88. The van der Waals surface area contributed by atoms with Gasteiger partial charge in [0.1, 0.15) is 0 Å². The highest BCUT2D eigenvalue weighted by molar-refractivity contribution is 7.89. The van der Waals surface area contributed by atoms with E-state index < -0.39 is 10.0 Å². The van der Waals surface area contributed by atoms with Gasteiger partial charge in [-0.15, -0.1) is 11.3 Å². The van der Waals surface area contributed by atoms with Gasteiger partial charge in [-0.05, 0) is 42.2 Å². The SMILES string of the molecule is NS(=O)(=O)c1ccc2c(c1)[C@H]1C=CC[C@H]1[C@@H](c1sc3ccccc3c1Cl)N2. The highest BCUT2D eigenvalue weighted by Crippen LogP contribution is 2.53. The number of nitrogens with one attached hydrogen (secondary N) is 1. The second-order valence-electron chi connectivity index (χ2n) is 7.05. The molecule has 0 saturated carbocycles. The Labute approximate surface area is 166 Å². The van der Waals surface area contributed by atoms with Gasteiger partial charge in [0.05, 0.1) is 16.0 Å². The number of rotatable bonds is 2. The van der Waals surface area contributed by atoms with Gasteiger partial charge < -0.3 is 5.32 Å². The van der Waals surface area contributed by atoms with Crippen LogP contribution in [0.5, 0.6) is 0 Å². The number of nitrogens with two attached hydrogens (primary N) is 1. The topological polar surface area (TPSA) is 72.2 Å². The Morgan fingerprint density at radius 2 is 2.00 bits per heavy atom. The van der Waals surface area contributed by atoms with Gasteiger partial charge in [-0.2, -0.15) is 0 Å². The van der Waals surface area contributed by atoms with Crippen molar-refractivity contribution in [1.29, 1.82) is 0 Å². The van der Waals surface area contributed by atoms with Crippen molar-refractivity contribution in [3.63, 3.8) is 0 Å². The predicted octanol–water partition coefficient (Wildman–Crippen LogP) is 5.03. The molecule has 0 saturated heterocycles. The summed E-state index contributed by atoms with van der Waals surface area (Å²) < 4.78 is 24.7. The molecule has 1 aliphatic heterocycles. The number of hydrogen-bond donors (Lipinski definition) is 2. The summed E-state index contributed by atoms with van der Waals surface area (Å²) in [6.45, 7) is 0. The average Bonchev–Trinajstić information content (AvgIpc) is 3.26. The van der Waals surface area contributed by atoms with Gasteiger partial charge in [0.15, 0.2) is 0 Å². The van der Waals surface area contributed by atoms with E-state index in [1.165, 1.54) is 4.70 Å². The Morgan fingerprint density at radius 3 is 2.78 bits per heavy atom. The molecule has 7 heteroatoms. The molecule has 1 aliphatic carbocycles. The molecule has 0 unspecified atom stereocenters. The lowest BCUT2D eigenvalue weighted by atomic mass is 9.79. The van der Waals surface area contributed by atoms with Crippen molar-refractivity contribution in [2.45, 2.75) is 23.3 Å². The van der Waals surface area contributed by atoms with Crippen LogP contribution < -0.4 is 10.5 Å². The van der Waals surface area contributed by atoms with E-state index in [4.69, 9.17) is 16.7 Å². The molecule has 2 aromatic carbocycles. The van der Waals surface area contributed by atoms with Gasteiger partial charge in [-0.1, -0.05) is 42.0 Å². The van der Waals surface area contributed by atoms with E-state index >= 15 is 0 Å². The summed E-state index contributed by atoms with van der Waals surface area (Å²) in [5.41, 5.74) is 1.92. The third-order valence-corrected chi connectivity index (χ3v) is 8.19. The fraction of sp³-hybridized carbons (Fsp3) is 0.200. The molecule has 138 valence electrons. The first kappa shape index (κ1) is 17.3. The van der Waals surface area contributed by atoms with Gasteiger partial charge >= 0.3 is 0 Å². The Bertz CT molecular complexity index is 1200. The minimum Gasteiger partial charge on any atom is -0.377 e. The van der Waals surface area contributed by atoms with Crippen molar-refractivity contribution in [2.24, 2.45) is 11.1 Å². The van der Waals surface area contributed by atoms with Crippen LogP contribution in [0, 0.1) is 5.92 Å². The molecule has 2 aliphatic rings. The first-order valence-electron chi connectivity index (χ1n) is 8.70. The number of allylic oxidation sites excluding steroid dienone is 2. The number of halogens is 1. The maximum Gasteiger partial charge on any atom is 0.238 e. The number of thiophene rings is 1. The summed E-state index contributed by atoms with van der Waals surface area (Å²) in [5.74, 6) is 0.438. The second-order valence-corrected chi connectivity index (χ2v) is 10.1. The van der Waals surface area contributed by atoms with Crippen molar-refractivity contribution in [1.82, 2.24) is 0 Å². The summed E-state index contributed by atoms with van der Waals surface area (Å²) in [7, 11) is -3.73. The van der Waals surface area contributed by atoms with E-state index in [0.717, 1.165) is 33.0 Å². The zero-order valence-corrected chi connectivity index (χ0v) is 16.6. The van der Waals surface area contributed by atoms with Gasteiger partial charge in [0, 0.05) is 26.6 Å². The molecule has 5 rings (SSSR count). The fourth-order valence-electron chi connectivity index (χ4n) is 4.24. The van der Waals surface area contributed by atoms with Crippen LogP contribution in [0.2, 0.25) is 5.02 Å². The van der Waals surface area contributed by atoms with Crippen LogP contribution in [-0.4, -0.2) is 8.42 Å². The molecular weight excluding hydrogens is 400 g/mol. The van der Waals surface area contributed by atoms with Crippen molar-refractivity contribution < 1.29 is 8.42 Å². The van der Waals surface area contributed by atoms with Gasteiger partial charge in [0.25, 0.3) is 0 Å². The molecule has 1 aromatic heterocycles. The van der Waals surface area contributed by atoms with Crippen molar-refractivity contribution in [2.75, 3.05) is 5.32 Å². The Morgan fingerprint density at radius 1 is 1.19 bits per heavy atom. The first-order valence-corrected chi connectivity index (χ1v) is 11.4. The highest BCUT2D eigenvalue weighted by atomic mass is 35.5. The lowest BCUT2D eigenvalue weighted by Gasteiger charge is -2.37. The van der Waals surface area contributed by atoms with Gasteiger partial charge in [-0.3, -0.25) is 0 Å². The normalized spacial score (nSPS) is 23.9. The van der Waals surface area contributed by atoms with E-state index in [0.29, 0.717) is 5.92 Å². The van der Waals surface area contributed by atoms with E-state index in [9.17, 15) is 8.42 Å². The second kappa shape index (κ2) is 6.07. The average molecular weight is 417 g/mol. The largest absolute Gasteiger partial charge is 0.377 e. The van der Waals surface area contributed by atoms with Crippen molar-refractivity contribution >= 4 is 48.7 Å². The molecule has 3 N–H and O–H groups in total. The third kappa shape index (κ3) is 2.70. The number of fused-ring (bicyclic) bond motifs is 4. The molecule has 0 fully saturated rings. The molecular formula is C20H17ClN2O2S2. The minimum atomic E-state index is -3.73. The summed E-state index contributed by atoms with van der Waals surface area (Å²) in [4.78, 5) is 1.29. The fourth-order valence-corrected chi connectivity index (χ4v) is 6.47. The minimum absolute atomic E-state index is 0.0859. The number of sulfonamides is 1. The molecule has 2 heterocycles. The van der Waals surface area contributed by atoms with Crippen LogP contribution in [0.25, 0.3) is 10.1 Å². The van der Waals surface area contributed by atoms with E-state index in [1.54, 1.807) is 23.5 Å². The Balaban J connectivity index is 1.64. The van der Waals surface area contributed by atoms with E-state index in [-0.39, 0.29) is 16.9 Å². The van der Waals surface area contributed by atoms with Crippen LogP contribution in [0.1, 0.15) is 28.8 Å². The zero-order chi connectivity index (χ0) is 18.8. The van der Waals surface area contributed by atoms with Crippen LogP contribution >= 0.6 is 22.9 Å². The molecule has 27 heavy (non-hydrogen) atoms. The van der Waals surface area contributed by atoms with Crippen LogP contribution in [0.3, 0.4) is 0 Å². The quantitative estimate of drug-likeness (QED) is 0.575. The lowest BCUT2D eigenvalue weighted by Crippen LogP contribution is -2.29. The molecule has 0 bridgehead atoms. The summed E-state index contributed by atoms with van der Waals surface area (Å²) in [5, 5.41) is 10.8. The van der Waals surface area contributed by atoms with Crippen LogP contribution in [0.15, 0.2) is 59.5 Å². The van der Waals surface area contributed by atoms with Crippen LogP contribution in [0.4, 0.5) is 5.69 Å². The molecule has 4 nitrogen and oxygen atoms in total. The zero-order valence-electron chi connectivity index (χ0n) is 14.2. The molecule has 0 radical (unpaired) electrons. The van der Waals surface area contributed by atoms with Gasteiger partial charge in [0.2, 0.25) is 10.0 Å². The summed E-state index contributed by atoms with van der Waals surface area (Å²) in [6, 6.07) is 13.3. The smallest absolute Gasteiger partial charge is 0.238 e. The summed E-state index contributed by atoms with van der Waals surface area (Å²) in [6.07, 6.45) is 5.27. The van der Waals surface area contributed by atoms with Crippen molar-refractivity contribution in [3.05, 3.63) is 70.1 Å². The van der Waals surface area contributed by atoms with Gasteiger partial charge in [-0.25, -0.2) is 13.6 Å². The van der Waals surface area contributed by atoms with E-state index in [2.05, 4.69) is 29.6 Å². The predicted molar refractivity (Wildman–Crippen MR) is 111 cm³/mol. The third-order valence-electron chi connectivity index (χ3n) is 5.51. The number of hydrogen-bond acceptors (Lipinski definition) is 4. The molecule has 3 aromatic rings. The number of benzene rings is 2. The first-order chi connectivity index (χ1) is 12.9. The number of primary sulfonamides is 1.